The highest BCUT2D eigenvalue weighted by Crippen LogP contribution is 2.33. The third-order valence-corrected chi connectivity index (χ3v) is 6.95. The lowest BCUT2D eigenvalue weighted by atomic mass is 9.92. The summed E-state index contributed by atoms with van der Waals surface area (Å²) >= 11 is 0. The summed E-state index contributed by atoms with van der Waals surface area (Å²) in [4.78, 5) is 34.3. The van der Waals surface area contributed by atoms with E-state index in [1.54, 1.807) is 30.6 Å². The number of fused-ring (bicyclic) bond motifs is 1. The maximum atomic E-state index is 13.1. The minimum atomic E-state index is -0.523. The molecule has 0 aliphatic carbocycles. The minimum Gasteiger partial charge on any atom is -0.489 e. The Morgan fingerprint density at radius 2 is 1.89 bits per heavy atom. The molecule has 0 saturated carbocycles. The molecule has 2 aliphatic rings. The number of hydrogen-bond donors (Lipinski definition) is 0. The van der Waals surface area contributed by atoms with E-state index in [1.165, 1.54) is 22.8 Å². The topological polar surface area (TPSA) is 76.9 Å². The zero-order valence-electron chi connectivity index (χ0n) is 22.0. The van der Waals surface area contributed by atoms with Crippen LogP contribution in [-0.4, -0.2) is 51.8 Å². The second kappa shape index (κ2) is 10.5. The normalized spacial score (nSPS) is 19.3. The second-order valence-corrected chi connectivity index (χ2v) is 10.9. The van der Waals surface area contributed by atoms with Crippen molar-refractivity contribution in [2.75, 3.05) is 24.5 Å². The molecule has 2 atom stereocenters. The fraction of sp³-hybridized carbons (Fsp3) is 0.414. The molecule has 4 heterocycles. The molecule has 200 valence electrons. The monoisotopic (exact) mass is 520 g/mol. The number of likely N-dealkylation sites (tertiary alicyclic amines) is 1. The Hall–Kier alpha value is -3.88. The number of nitrogens with zero attached hydrogens (tertiary/aromatic N) is 4. The average Bonchev–Trinajstić information content (AvgIpc) is 3.32. The molecule has 9 heteroatoms. The van der Waals surface area contributed by atoms with Gasteiger partial charge in [-0.1, -0.05) is 12.1 Å². The molecule has 5 rings (SSSR count). The number of anilines is 1. The molecule has 0 bridgehead atoms. The van der Waals surface area contributed by atoms with Crippen LogP contribution in [-0.2, 0) is 11.3 Å². The lowest BCUT2D eigenvalue weighted by Crippen LogP contribution is -2.50. The number of pyridine rings is 2. The Bertz CT molecular complexity index is 1330. The van der Waals surface area contributed by atoms with Crippen molar-refractivity contribution in [3.63, 3.8) is 0 Å². The number of aromatic nitrogens is 2. The standard InChI is InChI=1S/C29H33FN4O4/c1-29(2,3)38-28(36)34-13-4-5-21-17-32(18-25(21)34)26-11-10-23(16-31-26)33-14-12-24(15-27(33)35)37-19-20-6-8-22(30)9-7-20/h6-12,14-16,21,25H,4-5,13,17-19H2,1-3H3. The van der Waals surface area contributed by atoms with Gasteiger partial charge < -0.3 is 19.3 Å². The number of amides is 1. The molecule has 2 unspecified atom stereocenters. The summed E-state index contributed by atoms with van der Waals surface area (Å²) in [6, 6.07) is 13.1. The van der Waals surface area contributed by atoms with Gasteiger partial charge in [0.2, 0.25) is 0 Å². The maximum Gasteiger partial charge on any atom is 0.410 e. The van der Waals surface area contributed by atoms with Gasteiger partial charge in [0.15, 0.2) is 0 Å². The Morgan fingerprint density at radius 1 is 1.11 bits per heavy atom. The van der Waals surface area contributed by atoms with Crippen molar-refractivity contribution >= 4 is 11.9 Å². The molecule has 3 aromatic rings. The Balaban J connectivity index is 1.24. The Morgan fingerprint density at radius 3 is 2.58 bits per heavy atom. The Kier molecular flexibility index (Phi) is 7.10. The van der Waals surface area contributed by atoms with Crippen molar-refractivity contribution in [3.05, 3.63) is 82.7 Å². The van der Waals surface area contributed by atoms with Gasteiger partial charge in [-0.2, -0.15) is 0 Å². The molecular formula is C29H33FN4O4. The highest BCUT2D eigenvalue weighted by atomic mass is 19.1. The fourth-order valence-corrected chi connectivity index (χ4v) is 5.13. The molecular weight excluding hydrogens is 487 g/mol. The SMILES string of the molecule is CC(C)(C)OC(=O)N1CCCC2CN(c3ccc(-n4ccc(OCc5ccc(F)cc5)cc4=O)cn3)CC21. The van der Waals surface area contributed by atoms with Gasteiger partial charge in [0.25, 0.3) is 5.56 Å². The van der Waals surface area contributed by atoms with Gasteiger partial charge in [-0.05, 0) is 75.4 Å². The molecule has 1 amide bonds. The summed E-state index contributed by atoms with van der Waals surface area (Å²) in [6.45, 7) is 8.15. The number of ether oxygens (including phenoxy) is 2. The molecule has 8 nitrogen and oxygen atoms in total. The first-order chi connectivity index (χ1) is 18.2. The van der Waals surface area contributed by atoms with Crippen LogP contribution in [0.25, 0.3) is 5.69 Å². The van der Waals surface area contributed by atoms with Gasteiger partial charge in [-0.3, -0.25) is 9.36 Å². The van der Waals surface area contributed by atoms with E-state index in [4.69, 9.17) is 9.47 Å². The summed E-state index contributed by atoms with van der Waals surface area (Å²) < 4.78 is 25.9. The minimum absolute atomic E-state index is 0.102. The first kappa shape index (κ1) is 25.8. The van der Waals surface area contributed by atoms with E-state index in [0.717, 1.165) is 30.8 Å². The summed E-state index contributed by atoms with van der Waals surface area (Å²) in [7, 11) is 0. The molecule has 0 N–H and O–H groups in total. The largest absolute Gasteiger partial charge is 0.489 e. The van der Waals surface area contributed by atoms with Crippen LogP contribution in [0.5, 0.6) is 5.75 Å². The summed E-state index contributed by atoms with van der Waals surface area (Å²) in [5.74, 6) is 1.33. The molecule has 2 fully saturated rings. The van der Waals surface area contributed by atoms with Crippen LogP contribution in [0.2, 0.25) is 0 Å². The van der Waals surface area contributed by atoms with Crippen molar-refractivity contribution in [3.8, 4) is 11.4 Å². The van der Waals surface area contributed by atoms with E-state index < -0.39 is 5.60 Å². The molecule has 0 radical (unpaired) electrons. The maximum absolute atomic E-state index is 13.1. The van der Waals surface area contributed by atoms with Crippen LogP contribution in [0, 0.1) is 11.7 Å². The van der Waals surface area contributed by atoms with Gasteiger partial charge in [-0.15, -0.1) is 0 Å². The first-order valence-electron chi connectivity index (χ1n) is 13.0. The summed E-state index contributed by atoms with van der Waals surface area (Å²) in [6.07, 6.45) is 5.13. The zero-order valence-corrected chi connectivity index (χ0v) is 22.0. The lowest BCUT2D eigenvalue weighted by Gasteiger charge is -2.37. The van der Waals surface area contributed by atoms with Crippen molar-refractivity contribution in [1.82, 2.24) is 14.5 Å². The number of carbonyl (C=O) groups is 1. The van der Waals surface area contributed by atoms with Gasteiger partial charge >= 0.3 is 6.09 Å². The van der Waals surface area contributed by atoms with Crippen LogP contribution in [0.15, 0.2) is 65.7 Å². The van der Waals surface area contributed by atoms with Crippen LogP contribution in [0.4, 0.5) is 15.0 Å². The quantitative estimate of drug-likeness (QED) is 0.482. The predicted octanol–water partition coefficient (Wildman–Crippen LogP) is 4.79. The highest BCUT2D eigenvalue weighted by molar-refractivity contribution is 5.69. The molecule has 38 heavy (non-hydrogen) atoms. The van der Waals surface area contributed by atoms with Gasteiger partial charge in [0.1, 0.15) is 29.6 Å². The zero-order chi connectivity index (χ0) is 26.9. The smallest absolute Gasteiger partial charge is 0.410 e. The summed E-state index contributed by atoms with van der Waals surface area (Å²) in [5.41, 5.74) is 0.698. The third kappa shape index (κ3) is 5.82. The van der Waals surface area contributed by atoms with Crippen molar-refractivity contribution in [2.45, 2.75) is 51.9 Å². The fourth-order valence-electron chi connectivity index (χ4n) is 5.13. The highest BCUT2D eigenvalue weighted by Gasteiger charge is 2.42. The molecule has 0 spiro atoms. The van der Waals surface area contributed by atoms with Crippen LogP contribution >= 0.6 is 0 Å². The Labute approximate surface area is 221 Å². The number of halogens is 1. The molecule has 1 aromatic carbocycles. The van der Waals surface area contributed by atoms with Crippen LogP contribution < -0.4 is 15.2 Å². The van der Waals surface area contributed by atoms with Crippen LogP contribution in [0.1, 0.15) is 39.2 Å². The first-order valence-corrected chi connectivity index (χ1v) is 13.0. The molecule has 2 aliphatic heterocycles. The lowest BCUT2D eigenvalue weighted by molar-refractivity contribution is 0.00669. The number of benzene rings is 1. The number of carbonyl (C=O) groups excluding carboxylic acids is 1. The third-order valence-electron chi connectivity index (χ3n) is 6.95. The number of piperidine rings is 1. The van der Waals surface area contributed by atoms with E-state index >= 15 is 0 Å². The van der Waals surface area contributed by atoms with Crippen molar-refractivity contribution in [2.24, 2.45) is 5.92 Å². The van der Waals surface area contributed by atoms with Gasteiger partial charge in [0, 0.05) is 31.9 Å². The van der Waals surface area contributed by atoms with Crippen molar-refractivity contribution in [1.29, 1.82) is 0 Å². The van der Waals surface area contributed by atoms with E-state index in [2.05, 4.69) is 9.88 Å². The second-order valence-electron chi connectivity index (χ2n) is 10.9. The number of hydrogen-bond acceptors (Lipinski definition) is 6. The summed E-state index contributed by atoms with van der Waals surface area (Å²) in [5, 5.41) is 0. The predicted molar refractivity (Wildman–Crippen MR) is 142 cm³/mol. The van der Waals surface area contributed by atoms with Gasteiger partial charge in [-0.25, -0.2) is 14.2 Å². The van der Waals surface area contributed by atoms with E-state index in [1.807, 2.05) is 37.8 Å². The van der Waals surface area contributed by atoms with E-state index in [-0.39, 0.29) is 30.1 Å². The van der Waals surface area contributed by atoms with Crippen molar-refractivity contribution < 1.29 is 18.7 Å². The van der Waals surface area contributed by atoms with E-state index in [0.29, 0.717) is 30.4 Å². The molecule has 2 aromatic heterocycles. The number of rotatable bonds is 5. The average molecular weight is 521 g/mol. The van der Waals surface area contributed by atoms with E-state index in [9.17, 15) is 14.0 Å². The van der Waals surface area contributed by atoms with Crippen LogP contribution in [0.3, 0.4) is 0 Å². The van der Waals surface area contributed by atoms with Gasteiger partial charge in [0.05, 0.1) is 17.9 Å². The molecule has 2 saturated heterocycles.